The second-order valence-electron chi connectivity index (χ2n) is 4.41. The molecule has 1 fully saturated rings. The lowest BCUT2D eigenvalue weighted by molar-refractivity contribution is -0.137. The Hall–Kier alpha value is -1.50. The van der Waals surface area contributed by atoms with Crippen molar-refractivity contribution in [2.24, 2.45) is 0 Å². The molecule has 1 aliphatic rings. The van der Waals surface area contributed by atoms with Gasteiger partial charge in [0, 0.05) is 28.9 Å². The Morgan fingerprint density at radius 1 is 1.42 bits per heavy atom. The fourth-order valence-corrected chi connectivity index (χ4v) is 2.67. The molecular weight excluding hydrogens is 276 g/mol. The third-order valence-electron chi connectivity index (χ3n) is 2.97. The van der Waals surface area contributed by atoms with Crippen molar-refractivity contribution in [2.45, 2.75) is 31.7 Å². The van der Waals surface area contributed by atoms with Gasteiger partial charge in [-0.15, -0.1) is 0 Å². The van der Waals surface area contributed by atoms with E-state index in [9.17, 15) is 18.4 Å². The second-order valence-corrected chi connectivity index (χ2v) is 5.16. The molecule has 1 aromatic rings. The Bertz CT molecular complexity index is 485. The van der Waals surface area contributed by atoms with E-state index in [1.54, 1.807) is 0 Å². The van der Waals surface area contributed by atoms with Gasteiger partial charge in [-0.05, 0) is 12.8 Å². The number of carbonyl (C=O) groups is 2. The van der Waals surface area contributed by atoms with Crippen LogP contribution in [0.5, 0.6) is 0 Å². The van der Waals surface area contributed by atoms with E-state index in [-0.39, 0.29) is 30.1 Å². The maximum Gasteiger partial charge on any atom is 0.305 e. The highest BCUT2D eigenvalue weighted by molar-refractivity contribution is 7.08. The molecular formula is C12H13F2NO3S. The van der Waals surface area contributed by atoms with Crippen LogP contribution in [0.3, 0.4) is 0 Å². The van der Waals surface area contributed by atoms with Crippen molar-refractivity contribution in [1.82, 2.24) is 4.90 Å². The minimum atomic E-state index is -2.69. The molecule has 19 heavy (non-hydrogen) atoms. The minimum absolute atomic E-state index is 0.00251. The van der Waals surface area contributed by atoms with Crippen LogP contribution in [-0.2, 0) is 4.79 Å². The number of rotatable bonds is 6. The largest absolute Gasteiger partial charge is 0.481 e. The average Bonchev–Trinajstić information content (AvgIpc) is 3.04. The predicted octanol–water partition coefficient (Wildman–Crippen LogP) is 2.77. The summed E-state index contributed by atoms with van der Waals surface area (Å²) >= 11 is 1.05. The summed E-state index contributed by atoms with van der Waals surface area (Å²) in [6.07, 6.45) is -1.25. The van der Waals surface area contributed by atoms with Crippen LogP contribution in [0.4, 0.5) is 8.78 Å². The number of halogens is 2. The molecule has 1 saturated carbocycles. The molecule has 0 bridgehead atoms. The third kappa shape index (κ3) is 3.28. The number of carboxylic acids is 1. The summed E-state index contributed by atoms with van der Waals surface area (Å²) in [5.74, 6) is -1.49. The zero-order chi connectivity index (χ0) is 14.0. The van der Waals surface area contributed by atoms with Gasteiger partial charge < -0.3 is 10.0 Å². The van der Waals surface area contributed by atoms with Crippen molar-refractivity contribution in [2.75, 3.05) is 6.54 Å². The molecule has 7 heteroatoms. The predicted molar refractivity (Wildman–Crippen MR) is 65.6 cm³/mol. The normalized spacial score (nSPS) is 14.7. The third-order valence-corrected chi connectivity index (χ3v) is 3.73. The number of thiophene rings is 1. The molecule has 2 rings (SSSR count). The van der Waals surface area contributed by atoms with Gasteiger partial charge in [0.05, 0.1) is 12.0 Å². The van der Waals surface area contributed by atoms with Crippen molar-refractivity contribution >= 4 is 23.2 Å². The van der Waals surface area contributed by atoms with E-state index in [0.717, 1.165) is 24.2 Å². The summed E-state index contributed by atoms with van der Waals surface area (Å²) < 4.78 is 25.5. The molecule has 0 atom stereocenters. The van der Waals surface area contributed by atoms with Crippen LogP contribution in [0.1, 0.15) is 41.6 Å². The summed E-state index contributed by atoms with van der Waals surface area (Å²) in [6.45, 7) is 0.0668. The van der Waals surface area contributed by atoms with Crippen molar-refractivity contribution in [1.29, 1.82) is 0 Å². The number of aliphatic carboxylic acids is 1. The van der Waals surface area contributed by atoms with Crippen LogP contribution < -0.4 is 0 Å². The number of nitrogens with zero attached hydrogens (tertiary/aromatic N) is 1. The molecule has 1 amide bonds. The maximum atomic E-state index is 12.8. The zero-order valence-electron chi connectivity index (χ0n) is 10.0. The molecule has 1 aromatic heterocycles. The topological polar surface area (TPSA) is 57.6 Å². The van der Waals surface area contributed by atoms with Crippen LogP contribution in [0, 0.1) is 0 Å². The van der Waals surface area contributed by atoms with Gasteiger partial charge in [0.2, 0.25) is 0 Å². The molecule has 0 aliphatic heterocycles. The minimum Gasteiger partial charge on any atom is -0.481 e. The van der Waals surface area contributed by atoms with Crippen molar-refractivity contribution < 1.29 is 23.5 Å². The summed E-state index contributed by atoms with van der Waals surface area (Å²) in [5, 5.41) is 11.3. The molecule has 0 aromatic carbocycles. The molecule has 1 aliphatic carbocycles. The second kappa shape index (κ2) is 5.64. The van der Waals surface area contributed by atoms with E-state index in [4.69, 9.17) is 5.11 Å². The quantitative estimate of drug-likeness (QED) is 0.876. The summed E-state index contributed by atoms with van der Waals surface area (Å²) in [4.78, 5) is 24.2. The van der Waals surface area contributed by atoms with Gasteiger partial charge in [-0.2, -0.15) is 11.3 Å². The standard InChI is InChI=1S/C12H13F2NO3S/c13-11(14)8-5-19-6-9(8)12(18)15(7-1-2-7)4-3-10(16)17/h5-7,11H,1-4H2,(H,16,17). The highest BCUT2D eigenvalue weighted by Crippen LogP contribution is 2.32. The van der Waals surface area contributed by atoms with Gasteiger partial charge in [0.25, 0.3) is 12.3 Å². The molecule has 4 nitrogen and oxygen atoms in total. The number of carboxylic acid groups (broad SMARTS) is 1. The number of amides is 1. The molecule has 1 heterocycles. The lowest BCUT2D eigenvalue weighted by atomic mass is 10.1. The Morgan fingerprint density at radius 3 is 2.63 bits per heavy atom. The van der Waals surface area contributed by atoms with Gasteiger partial charge in [0.15, 0.2) is 0 Å². The molecule has 0 saturated heterocycles. The Balaban J connectivity index is 2.14. The number of carbonyl (C=O) groups excluding carboxylic acids is 1. The lowest BCUT2D eigenvalue weighted by Crippen LogP contribution is -2.35. The molecule has 1 N–H and O–H groups in total. The van der Waals surface area contributed by atoms with Gasteiger partial charge in [0.1, 0.15) is 0 Å². The van der Waals surface area contributed by atoms with Crippen LogP contribution in [0.2, 0.25) is 0 Å². The number of hydrogen-bond acceptors (Lipinski definition) is 3. The number of hydrogen-bond donors (Lipinski definition) is 1. The first-order valence-electron chi connectivity index (χ1n) is 5.87. The lowest BCUT2D eigenvalue weighted by Gasteiger charge is -2.21. The maximum absolute atomic E-state index is 12.8. The summed E-state index contributed by atoms with van der Waals surface area (Å²) in [7, 11) is 0. The van der Waals surface area contributed by atoms with Crippen LogP contribution >= 0.6 is 11.3 Å². The Labute approximate surface area is 112 Å². The first-order chi connectivity index (χ1) is 9.00. The molecule has 0 spiro atoms. The Kier molecular flexibility index (Phi) is 4.14. The van der Waals surface area contributed by atoms with Crippen LogP contribution in [0.25, 0.3) is 0 Å². The van der Waals surface area contributed by atoms with Crippen molar-refractivity contribution in [3.05, 3.63) is 21.9 Å². The highest BCUT2D eigenvalue weighted by atomic mass is 32.1. The Morgan fingerprint density at radius 2 is 2.11 bits per heavy atom. The fraction of sp³-hybridized carbons (Fsp3) is 0.500. The van der Waals surface area contributed by atoms with Crippen LogP contribution in [0.15, 0.2) is 10.8 Å². The van der Waals surface area contributed by atoms with Gasteiger partial charge >= 0.3 is 5.97 Å². The average molecular weight is 289 g/mol. The molecule has 0 radical (unpaired) electrons. The molecule has 104 valence electrons. The fourth-order valence-electron chi connectivity index (χ4n) is 1.86. The monoisotopic (exact) mass is 289 g/mol. The SMILES string of the molecule is O=C(O)CCN(C(=O)c1cscc1C(F)F)C1CC1. The van der Waals surface area contributed by atoms with Crippen molar-refractivity contribution in [3.63, 3.8) is 0 Å². The van der Waals surface area contributed by atoms with Gasteiger partial charge in [-0.25, -0.2) is 8.78 Å². The van der Waals surface area contributed by atoms with Crippen molar-refractivity contribution in [3.8, 4) is 0 Å². The summed E-state index contributed by atoms with van der Waals surface area (Å²) in [6, 6.07) is -0.00253. The smallest absolute Gasteiger partial charge is 0.305 e. The van der Waals surface area contributed by atoms with E-state index in [1.807, 2.05) is 0 Å². The summed E-state index contributed by atoms with van der Waals surface area (Å²) in [5.41, 5.74) is -0.270. The number of alkyl halides is 2. The molecule has 0 unspecified atom stereocenters. The van der Waals surface area contributed by atoms with Gasteiger partial charge in [-0.3, -0.25) is 9.59 Å². The van der Waals surface area contributed by atoms with E-state index < -0.39 is 18.3 Å². The first kappa shape index (κ1) is 13.9. The van der Waals surface area contributed by atoms with E-state index in [0.29, 0.717) is 0 Å². The van der Waals surface area contributed by atoms with E-state index >= 15 is 0 Å². The van der Waals surface area contributed by atoms with E-state index in [1.165, 1.54) is 15.7 Å². The first-order valence-corrected chi connectivity index (χ1v) is 6.82. The van der Waals surface area contributed by atoms with Crippen LogP contribution in [-0.4, -0.2) is 34.5 Å². The highest BCUT2D eigenvalue weighted by Gasteiger charge is 2.34. The zero-order valence-corrected chi connectivity index (χ0v) is 10.8. The van der Waals surface area contributed by atoms with E-state index in [2.05, 4.69) is 0 Å². The van der Waals surface area contributed by atoms with Gasteiger partial charge in [-0.1, -0.05) is 0 Å².